The molecule has 0 bridgehead atoms. The van der Waals surface area contributed by atoms with Gasteiger partial charge in [-0.2, -0.15) is 0 Å². The molecule has 0 radical (unpaired) electrons. The summed E-state index contributed by atoms with van der Waals surface area (Å²) in [5.74, 6) is 0.901. The van der Waals surface area contributed by atoms with Crippen molar-refractivity contribution in [2.45, 2.75) is 26.8 Å². The molecule has 4 nitrogen and oxygen atoms in total. The van der Waals surface area contributed by atoms with Gasteiger partial charge in [0.05, 0.1) is 0 Å². The van der Waals surface area contributed by atoms with Crippen LogP contribution in [0.2, 0.25) is 0 Å². The van der Waals surface area contributed by atoms with Crippen molar-refractivity contribution in [2.24, 2.45) is 13.0 Å². The molecule has 0 aliphatic rings. The molecule has 4 heteroatoms. The van der Waals surface area contributed by atoms with E-state index in [0.717, 1.165) is 0 Å². The number of hydrogen-bond donors (Lipinski definition) is 1. The summed E-state index contributed by atoms with van der Waals surface area (Å²) in [5, 5.41) is 3.11. The van der Waals surface area contributed by atoms with Crippen molar-refractivity contribution in [1.29, 1.82) is 0 Å². The fourth-order valence-corrected chi connectivity index (χ4v) is 0.979. The number of rotatable bonds is 3. The Balaban J connectivity index is 2.87. The maximum atomic E-state index is 11.6. The average molecular weight is 195 g/mol. The molecule has 0 saturated carbocycles. The van der Waals surface area contributed by atoms with Crippen molar-refractivity contribution in [3.63, 3.8) is 0 Å². The Morgan fingerprint density at radius 1 is 1.43 bits per heavy atom. The minimum absolute atomic E-state index is 0.0833. The number of nitrogens with zero attached hydrogens (tertiary/aromatic N) is 2. The number of aryl methyl sites for hydroxylation is 1. The van der Waals surface area contributed by atoms with Crippen molar-refractivity contribution in [3.05, 3.63) is 22.7 Å². The van der Waals surface area contributed by atoms with Crippen LogP contribution in [0.1, 0.15) is 20.8 Å². The van der Waals surface area contributed by atoms with E-state index < -0.39 is 0 Å². The molecule has 0 aromatic carbocycles. The summed E-state index contributed by atoms with van der Waals surface area (Å²) in [6, 6.07) is 0.248. The highest BCUT2D eigenvalue weighted by Gasteiger charge is 2.09. The lowest BCUT2D eigenvalue weighted by atomic mass is 10.1. The van der Waals surface area contributed by atoms with Gasteiger partial charge in [0.1, 0.15) is 0 Å². The van der Waals surface area contributed by atoms with Crippen LogP contribution in [0.5, 0.6) is 0 Å². The standard InChI is InChI=1S/C10H17N3O/c1-7(2)8(3)12-9-10(14)13(4)6-5-11-9/h5-8H,1-4H3,(H,11,12). The molecular formula is C10H17N3O. The van der Waals surface area contributed by atoms with E-state index in [4.69, 9.17) is 0 Å². The van der Waals surface area contributed by atoms with E-state index in [0.29, 0.717) is 11.7 Å². The first-order chi connectivity index (χ1) is 6.52. The summed E-state index contributed by atoms with van der Waals surface area (Å²) in [6.45, 7) is 6.24. The van der Waals surface area contributed by atoms with Crippen LogP contribution in [0, 0.1) is 5.92 Å². The SMILES string of the molecule is CC(C)C(C)Nc1nccn(C)c1=O. The molecule has 1 N–H and O–H groups in total. The number of anilines is 1. The van der Waals surface area contributed by atoms with Crippen LogP contribution in [0.15, 0.2) is 17.2 Å². The zero-order chi connectivity index (χ0) is 10.7. The second kappa shape index (κ2) is 4.26. The van der Waals surface area contributed by atoms with E-state index in [1.165, 1.54) is 4.57 Å². The average Bonchev–Trinajstić information content (AvgIpc) is 2.12. The van der Waals surface area contributed by atoms with Crippen LogP contribution in [0.25, 0.3) is 0 Å². The highest BCUT2D eigenvalue weighted by atomic mass is 16.1. The van der Waals surface area contributed by atoms with Crippen LogP contribution in [-0.2, 0) is 7.05 Å². The molecular weight excluding hydrogens is 178 g/mol. The van der Waals surface area contributed by atoms with Gasteiger partial charge in [0.2, 0.25) is 0 Å². The summed E-state index contributed by atoms with van der Waals surface area (Å²) in [4.78, 5) is 15.6. The van der Waals surface area contributed by atoms with E-state index in [9.17, 15) is 4.79 Å². The molecule has 1 heterocycles. The number of nitrogens with one attached hydrogen (secondary N) is 1. The van der Waals surface area contributed by atoms with E-state index in [2.05, 4.69) is 24.1 Å². The molecule has 1 unspecified atom stereocenters. The fraction of sp³-hybridized carbons (Fsp3) is 0.600. The third-order valence-corrected chi connectivity index (χ3v) is 2.38. The summed E-state index contributed by atoms with van der Waals surface area (Å²) in [6.07, 6.45) is 3.27. The summed E-state index contributed by atoms with van der Waals surface area (Å²) in [7, 11) is 1.72. The molecule has 78 valence electrons. The highest BCUT2D eigenvalue weighted by Crippen LogP contribution is 2.05. The minimum atomic E-state index is -0.0833. The quantitative estimate of drug-likeness (QED) is 0.789. The molecule has 0 aliphatic heterocycles. The smallest absolute Gasteiger partial charge is 0.293 e. The Morgan fingerprint density at radius 3 is 2.64 bits per heavy atom. The zero-order valence-corrected chi connectivity index (χ0v) is 9.11. The first-order valence-corrected chi connectivity index (χ1v) is 4.80. The summed E-state index contributed by atoms with van der Waals surface area (Å²) < 4.78 is 1.52. The minimum Gasteiger partial charge on any atom is -0.363 e. The van der Waals surface area contributed by atoms with Gasteiger partial charge in [-0.15, -0.1) is 0 Å². The van der Waals surface area contributed by atoms with Crippen molar-refractivity contribution < 1.29 is 0 Å². The molecule has 0 spiro atoms. The van der Waals surface area contributed by atoms with Gasteiger partial charge >= 0.3 is 0 Å². The van der Waals surface area contributed by atoms with Crippen molar-refractivity contribution in [2.75, 3.05) is 5.32 Å². The van der Waals surface area contributed by atoms with Gasteiger partial charge in [-0.05, 0) is 12.8 Å². The largest absolute Gasteiger partial charge is 0.363 e. The predicted octanol–water partition coefficient (Wildman–Crippen LogP) is 1.24. The fourth-order valence-electron chi connectivity index (χ4n) is 0.979. The van der Waals surface area contributed by atoms with Crippen LogP contribution in [-0.4, -0.2) is 15.6 Å². The van der Waals surface area contributed by atoms with Crippen LogP contribution < -0.4 is 10.9 Å². The third-order valence-electron chi connectivity index (χ3n) is 2.38. The van der Waals surface area contributed by atoms with Crippen molar-refractivity contribution in [1.82, 2.24) is 9.55 Å². The van der Waals surface area contributed by atoms with Gasteiger partial charge in [0, 0.05) is 25.5 Å². The van der Waals surface area contributed by atoms with Crippen molar-refractivity contribution >= 4 is 5.82 Å². The lowest BCUT2D eigenvalue weighted by Gasteiger charge is -2.17. The second-order valence-corrected chi connectivity index (χ2v) is 3.87. The van der Waals surface area contributed by atoms with Gasteiger partial charge in [0.15, 0.2) is 5.82 Å². The molecule has 0 fully saturated rings. The molecule has 0 aliphatic carbocycles. The van der Waals surface area contributed by atoms with E-state index in [1.54, 1.807) is 19.4 Å². The Morgan fingerprint density at radius 2 is 2.07 bits per heavy atom. The lowest BCUT2D eigenvalue weighted by Crippen LogP contribution is -2.29. The summed E-state index contributed by atoms with van der Waals surface area (Å²) in [5.41, 5.74) is -0.0833. The van der Waals surface area contributed by atoms with E-state index in [-0.39, 0.29) is 11.6 Å². The maximum Gasteiger partial charge on any atom is 0.293 e. The van der Waals surface area contributed by atoms with Gasteiger partial charge in [-0.1, -0.05) is 13.8 Å². The number of aromatic nitrogens is 2. The second-order valence-electron chi connectivity index (χ2n) is 3.87. The Labute approximate surface area is 84.0 Å². The predicted molar refractivity (Wildman–Crippen MR) is 57.4 cm³/mol. The van der Waals surface area contributed by atoms with Gasteiger partial charge in [-0.25, -0.2) is 4.98 Å². The molecule has 1 aromatic rings. The van der Waals surface area contributed by atoms with E-state index >= 15 is 0 Å². The molecule has 1 aromatic heterocycles. The molecule has 0 saturated heterocycles. The van der Waals surface area contributed by atoms with Crippen molar-refractivity contribution in [3.8, 4) is 0 Å². The monoisotopic (exact) mass is 195 g/mol. The Hall–Kier alpha value is -1.32. The Bertz CT molecular complexity index is 357. The maximum absolute atomic E-state index is 11.6. The lowest BCUT2D eigenvalue weighted by molar-refractivity contribution is 0.556. The van der Waals surface area contributed by atoms with E-state index in [1.807, 2.05) is 6.92 Å². The van der Waals surface area contributed by atoms with Gasteiger partial charge < -0.3 is 9.88 Å². The third kappa shape index (κ3) is 2.34. The molecule has 1 rings (SSSR count). The van der Waals surface area contributed by atoms with Crippen LogP contribution >= 0.6 is 0 Å². The normalized spacial score (nSPS) is 12.9. The highest BCUT2D eigenvalue weighted by molar-refractivity contribution is 5.31. The topological polar surface area (TPSA) is 46.9 Å². The number of hydrogen-bond acceptors (Lipinski definition) is 3. The first kappa shape index (κ1) is 10.8. The summed E-state index contributed by atoms with van der Waals surface area (Å²) >= 11 is 0. The Kier molecular flexibility index (Phi) is 3.28. The van der Waals surface area contributed by atoms with Crippen LogP contribution in [0.3, 0.4) is 0 Å². The van der Waals surface area contributed by atoms with Gasteiger partial charge in [-0.3, -0.25) is 4.79 Å². The first-order valence-electron chi connectivity index (χ1n) is 4.80. The molecule has 14 heavy (non-hydrogen) atoms. The molecule has 0 amide bonds. The van der Waals surface area contributed by atoms with Gasteiger partial charge in [0.25, 0.3) is 5.56 Å². The van der Waals surface area contributed by atoms with Crippen LogP contribution in [0.4, 0.5) is 5.82 Å². The molecule has 1 atom stereocenters. The zero-order valence-electron chi connectivity index (χ0n) is 9.11.